The molecule has 4 rings (SSSR count). The number of fused-ring (bicyclic) bond motifs is 1. The number of ether oxygens (including phenoxy) is 1. The third kappa shape index (κ3) is 3.63. The minimum atomic E-state index is -0.151. The largest absolute Gasteiger partial charge is 0.495 e. The fourth-order valence-electron chi connectivity index (χ4n) is 4.06. The standard InChI is InChI=1S/C23H24ClN3O3/c1-26-18-9-5-3-7-16(18)20(24)21(26)23(29)27-13-11-15(12-14-27)22(28)25-17-8-4-6-10-19(17)30-2/h3-10,15H,11-14H2,1-2H3,(H,25,28). The first kappa shape index (κ1) is 20.3. The second-order valence-electron chi connectivity index (χ2n) is 7.49. The number of rotatable bonds is 4. The summed E-state index contributed by atoms with van der Waals surface area (Å²) in [6.07, 6.45) is 1.21. The van der Waals surface area contributed by atoms with Crippen molar-refractivity contribution >= 4 is 40.0 Å². The first-order valence-corrected chi connectivity index (χ1v) is 10.3. The Morgan fingerprint density at radius 1 is 1.07 bits per heavy atom. The maximum atomic E-state index is 13.2. The number of amides is 2. The molecular formula is C23H24ClN3O3. The van der Waals surface area contributed by atoms with E-state index in [0.29, 0.717) is 48.1 Å². The lowest BCUT2D eigenvalue weighted by Gasteiger charge is -2.31. The van der Waals surface area contributed by atoms with Crippen LogP contribution in [0.5, 0.6) is 5.75 Å². The number of carbonyl (C=O) groups excluding carboxylic acids is 2. The van der Waals surface area contributed by atoms with Crippen molar-refractivity contribution in [1.29, 1.82) is 0 Å². The Balaban J connectivity index is 1.43. The van der Waals surface area contributed by atoms with E-state index in [9.17, 15) is 9.59 Å². The zero-order valence-electron chi connectivity index (χ0n) is 17.0. The van der Waals surface area contributed by atoms with Crippen LogP contribution in [0, 0.1) is 5.92 Å². The molecule has 1 saturated heterocycles. The van der Waals surface area contributed by atoms with E-state index in [1.165, 1.54) is 0 Å². The van der Waals surface area contributed by atoms with Gasteiger partial charge in [0.05, 0.1) is 17.8 Å². The summed E-state index contributed by atoms with van der Waals surface area (Å²) in [5.41, 5.74) is 2.08. The summed E-state index contributed by atoms with van der Waals surface area (Å²) in [5, 5.41) is 4.30. The minimum absolute atomic E-state index is 0.0470. The Morgan fingerprint density at radius 3 is 2.43 bits per heavy atom. The predicted octanol–water partition coefficient (Wildman–Crippen LogP) is 4.33. The average Bonchev–Trinajstić information content (AvgIpc) is 3.04. The van der Waals surface area contributed by atoms with Crippen LogP contribution < -0.4 is 10.1 Å². The van der Waals surface area contributed by atoms with E-state index < -0.39 is 0 Å². The molecule has 7 heteroatoms. The first-order chi connectivity index (χ1) is 14.5. The third-order valence-corrected chi connectivity index (χ3v) is 6.15. The highest BCUT2D eigenvalue weighted by Gasteiger charge is 2.31. The number of methoxy groups -OCH3 is 1. The fraction of sp³-hybridized carbons (Fsp3) is 0.304. The smallest absolute Gasteiger partial charge is 0.272 e. The summed E-state index contributed by atoms with van der Waals surface area (Å²) < 4.78 is 7.14. The zero-order chi connectivity index (χ0) is 21.3. The van der Waals surface area contributed by atoms with Gasteiger partial charge in [0.15, 0.2) is 0 Å². The zero-order valence-corrected chi connectivity index (χ0v) is 17.8. The van der Waals surface area contributed by atoms with Crippen LogP contribution in [-0.2, 0) is 11.8 Å². The number of benzene rings is 2. The predicted molar refractivity (Wildman–Crippen MR) is 118 cm³/mol. The molecule has 2 heterocycles. The molecule has 6 nitrogen and oxygen atoms in total. The minimum Gasteiger partial charge on any atom is -0.495 e. The van der Waals surface area contributed by atoms with Crippen LogP contribution in [0.3, 0.4) is 0 Å². The Labute approximate surface area is 180 Å². The van der Waals surface area contributed by atoms with Crippen molar-refractivity contribution in [3.05, 3.63) is 59.2 Å². The van der Waals surface area contributed by atoms with Gasteiger partial charge in [-0.3, -0.25) is 9.59 Å². The number of halogens is 1. The van der Waals surface area contributed by atoms with Gasteiger partial charge in [-0.1, -0.05) is 41.9 Å². The number of hydrogen-bond acceptors (Lipinski definition) is 3. The second-order valence-corrected chi connectivity index (χ2v) is 7.87. The van der Waals surface area contributed by atoms with Gasteiger partial charge in [-0.15, -0.1) is 0 Å². The molecule has 1 aliphatic heterocycles. The third-order valence-electron chi connectivity index (χ3n) is 5.77. The quantitative estimate of drug-likeness (QED) is 0.676. The lowest BCUT2D eigenvalue weighted by Crippen LogP contribution is -2.42. The summed E-state index contributed by atoms with van der Waals surface area (Å²) >= 11 is 6.53. The molecule has 0 spiro atoms. The van der Waals surface area contributed by atoms with Crippen molar-refractivity contribution in [2.45, 2.75) is 12.8 Å². The number of para-hydroxylation sites is 3. The number of hydrogen-bond donors (Lipinski definition) is 1. The molecule has 156 valence electrons. The number of nitrogens with one attached hydrogen (secondary N) is 1. The summed E-state index contributed by atoms with van der Waals surface area (Å²) in [7, 11) is 3.43. The number of carbonyl (C=O) groups is 2. The number of aromatic nitrogens is 1. The lowest BCUT2D eigenvalue weighted by molar-refractivity contribution is -0.121. The van der Waals surface area contributed by atoms with Gasteiger partial charge >= 0.3 is 0 Å². The monoisotopic (exact) mass is 425 g/mol. The molecule has 0 bridgehead atoms. The Bertz CT molecular complexity index is 1060. The normalized spacial score (nSPS) is 14.7. The number of likely N-dealkylation sites (tertiary alicyclic amines) is 1. The molecule has 2 amide bonds. The van der Waals surface area contributed by atoms with Crippen LogP contribution in [-0.4, -0.2) is 41.5 Å². The van der Waals surface area contributed by atoms with Gasteiger partial charge in [0.25, 0.3) is 5.91 Å². The summed E-state index contributed by atoms with van der Waals surface area (Å²) in [6.45, 7) is 1.03. The SMILES string of the molecule is COc1ccccc1NC(=O)C1CCN(C(=O)c2c(Cl)c3ccccc3n2C)CC1. The van der Waals surface area contributed by atoms with Crippen LogP contribution in [0.15, 0.2) is 48.5 Å². The Kier molecular flexibility index (Phi) is 5.68. The summed E-state index contributed by atoms with van der Waals surface area (Å²) in [5.74, 6) is 0.335. The van der Waals surface area contributed by atoms with Crippen LogP contribution in [0.1, 0.15) is 23.3 Å². The maximum absolute atomic E-state index is 13.2. The van der Waals surface area contributed by atoms with Gasteiger partial charge < -0.3 is 19.5 Å². The highest BCUT2D eigenvalue weighted by Crippen LogP contribution is 2.32. The van der Waals surface area contributed by atoms with E-state index in [1.54, 1.807) is 12.0 Å². The van der Waals surface area contributed by atoms with Crippen molar-refractivity contribution in [1.82, 2.24) is 9.47 Å². The van der Waals surface area contributed by atoms with E-state index >= 15 is 0 Å². The van der Waals surface area contributed by atoms with E-state index in [0.717, 1.165) is 10.9 Å². The van der Waals surface area contributed by atoms with Gasteiger partial charge in [-0.05, 0) is 31.0 Å². The van der Waals surface area contributed by atoms with Crippen molar-refractivity contribution in [3.63, 3.8) is 0 Å². The summed E-state index contributed by atoms with van der Waals surface area (Å²) in [4.78, 5) is 27.7. The van der Waals surface area contributed by atoms with Crippen LogP contribution in [0.4, 0.5) is 5.69 Å². The fourth-order valence-corrected chi connectivity index (χ4v) is 4.43. The molecule has 1 aromatic heterocycles. The van der Waals surface area contributed by atoms with Gasteiger partial charge in [0.2, 0.25) is 5.91 Å². The lowest BCUT2D eigenvalue weighted by atomic mass is 9.95. The van der Waals surface area contributed by atoms with Crippen LogP contribution >= 0.6 is 11.6 Å². The van der Waals surface area contributed by atoms with Crippen molar-refractivity contribution in [3.8, 4) is 5.75 Å². The van der Waals surface area contributed by atoms with E-state index in [4.69, 9.17) is 16.3 Å². The highest BCUT2D eigenvalue weighted by molar-refractivity contribution is 6.38. The number of aryl methyl sites for hydroxylation is 1. The molecule has 1 N–H and O–H groups in total. The van der Waals surface area contributed by atoms with Crippen LogP contribution in [0.2, 0.25) is 5.02 Å². The molecule has 0 aliphatic carbocycles. The Morgan fingerprint density at radius 2 is 1.73 bits per heavy atom. The second kappa shape index (κ2) is 8.40. The number of anilines is 1. The Hall–Kier alpha value is -2.99. The molecule has 1 fully saturated rings. The summed E-state index contributed by atoms with van der Waals surface area (Å²) in [6, 6.07) is 15.0. The molecule has 0 atom stereocenters. The van der Waals surface area contributed by atoms with Gasteiger partial charge in [-0.25, -0.2) is 0 Å². The molecule has 3 aromatic rings. The van der Waals surface area contributed by atoms with Gasteiger partial charge in [0, 0.05) is 37.0 Å². The van der Waals surface area contributed by atoms with Gasteiger partial charge in [-0.2, -0.15) is 0 Å². The van der Waals surface area contributed by atoms with Crippen molar-refractivity contribution in [2.75, 3.05) is 25.5 Å². The van der Waals surface area contributed by atoms with Crippen molar-refractivity contribution < 1.29 is 14.3 Å². The topological polar surface area (TPSA) is 63.6 Å². The number of piperidine rings is 1. The van der Waals surface area contributed by atoms with E-state index in [-0.39, 0.29) is 17.7 Å². The van der Waals surface area contributed by atoms with E-state index in [2.05, 4.69) is 5.32 Å². The molecule has 30 heavy (non-hydrogen) atoms. The number of nitrogens with zero attached hydrogens (tertiary/aromatic N) is 2. The molecule has 0 unspecified atom stereocenters. The average molecular weight is 426 g/mol. The van der Waals surface area contributed by atoms with Crippen LogP contribution in [0.25, 0.3) is 10.9 Å². The molecule has 2 aromatic carbocycles. The molecule has 0 radical (unpaired) electrons. The van der Waals surface area contributed by atoms with Gasteiger partial charge in [0.1, 0.15) is 11.4 Å². The molecule has 1 aliphatic rings. The highest BCUT2D eigenvalue weighted by atomic mass is 35.5. The maximum Gasteiger partial charge on any atom is 0.272 e. The first-order valence-electron chi connectivity index (χ1n) is 9.97. The molecule has 0 saturated carbocycles. The van der Waals surface area contributed by atoms with Crippen molar-refractivity contribution in [2.24, 2.45) is 13.0 Å². The van der Waals surface area contributed by atoms with E-state index in [1.807, 2.05) is 60.1 Å². The molecular weight excluding hydrogens is 402 g/mol.